The first-order valence-corrected chi connectivity index (χ1v) is 8.90. The van der Waals surface area contributed by atoms with Crippen molar-refractivity contribution >= 4 is 10.2 Å². The topological polar surface area (TPSA) is 55.9 Å². The van der Waals surface area contributed by atoms with Crippen molar-refractivity contribution in [2.24, 2.45) is 0 Å². The maximum Gasteiger partial charge on any atom is 0.279 e. The summed E-state index contributed by atoms with van der Waals surface area (Å²) in [5.74, 6) is 0. The number of likely N-dealkylation sites (N-methyl/N-ethyl adjacent to an activating group) is 1. The standard InChI is InChI=1S/C13H28N4O2S/c1-15(2)13(6-10-16(3)11-7-13)12-14-20(18,19)17-8-4-5-9-17/h14H,4-12H2,1-3H3. The van der Waals surface area contributed by atoms with Crippen LogP contribution < -0.4 is 4.72 Å². The molecule has 0 bridgehead atoms. The first-order valence-electron chi connectivity index (χ1n) is 7.46. The van der Waals surface area contributed by atoms with E-state index in [4.69, 9.17) is 0 Å². The van der Waals surface area contributed by atoms with Crippen LogP contribution in [0, 0.1) is 0 Å². The molecule has 0 aliphatic carbocycles. The summed E-state index contributed by atoms with van der Waals surface area (Å²) in [6, 6.07) is 0. The largest absolute Gasteiger partial charge is 0.306 e. The normalized spacial score (nSPS) is 25.4. The van der Waals surface area contributed by atoms with Crippen LogP contribution in [0.2, 0.25) is 0 Å². The Labute approximate surface area is 123 Å². The molecule has 0 aromatic carbocycles. The third-order valence-electron chi connectivity index (χ3n) is 4.86. The van der Waals surface area contributed by atoms with Crippen LogP contribution in [0.4, 0.5) is 0 Å². The zero-order valence-electron chi connectivity index (χ0n) is 12.9. The molecular formula is C13H28N4O2S. The van der Waals surface area contributed by atoms with Gasteiger partial charge < -0.3 is 9.80 Å². The van der Waals surface area contributed by atoms with Gasteiger partial charge in [0, 0.05) is 25.2 Å². The smallest absolute Gasteiger partial charge is 0.279 e. The highest BCUT2D eigenvalue weighted by atomic mass is 32.2. The molecule has 0 saturated carbocycles. The van der Waals surface area contributed by atoms with Gasteiger partial charge >= 0.3 is 0 Å². The van der Waals surface area contributed by atoms with Crippen molar-refractivity contribution in [1.82, 2.24) is 18.8 Å². The molecule has 118 valence electrons. The number of nitrogens with one attached hydrogen (secondary N) is 1. The van der Waals surface area contributed by atoms with E-state index in [1.165, 1.54) is 0 Å². The zero-order valence-corrected chi connectivity index (χ0v) is 13.7. The predicted molar refractivity (Wildman–Crippen MR) is 80.9 cm³/mol. The Morgan fingerprint density at radius 2 is 1.65 bits per heavy atom. The van der Waals surface area contributed by atoms with Crippen molar-refractivity contribution in [3.05, 3.63) is 0 Å². The molecule has 2 aliphatic heterocycles. The second-order valence-electron chi connectivity index (χ2n) is 6.35. The maximum absolute atomic E-state index is 12.3. The van der Waals surface area contributed by atoms with E-state index >= 15 is 0 Å². The molecule has 20 heavy (non-hydrogen) atoms. The van der Waals surface area contributed by atoms with Crippen LogP contribution in [0.15, 0.2) is 0 Å². The van der Waals surface area contributed by atoms with Crippen LogP contribution in [0.5, 0.6) is 0 Å². The Bertz CT molecular complexity index is 410. The quantitative estimate of drug-likeness (QED) is 0.773. The van der Waals surface area contributed by atoms with Gasteiger partial charge in [0.15, 0.2) is 0 Å². The van der Waals surface area contributed by atoms with Crippen molar-refractivity contribution in [3.63, 3.8) is 0 Å². The monoisotopic (exact) mass is 304 g/mol. The molecule has 0 aromatic rings. The van der Waals surface area contributed by atoms with Crippen LogP contribution in [0.25, 0.3) is 0 Å². The summed E-state index contributed by atoms with van der Waals surface area (Å²) in [6.07, 6.45) is 3.95. The van der Waals surface area contributed by atoms with Gasteiger partial charge in [-0.2, -0.15) is 12.7 Å². The highest BCUT2D eigenvalue weighted by Crippen LogP contribution is 2.26. The van der Waals surface area contributed by atoms with E-state index in [0.717, 1.165) is 38.8 Å². The van der Waals surface area contributed by atoms with Gasteiger partial charge in [-0.25, -0.2) is 4.72 Å². The highest BCUT2D eigenvalue weighted by molar-refractivity contribution is 7.87. The third-order valence-corrected chi connectivity index (χ3v) is 6.41. The molecule has 0 atom stereocenters. The lowest BCUT2D eigenvalue weighted by molar-refractivity contribution is 0.0703. The second kappa shape index (κ2) is 6.27. The SMILES string of the molecule is CN1CCC(CNS(=O)(=O)N2CCCC2)(N(C)C)CC1. The van der Waals surface area contributed by atoms with Gasteiger partial charge in [0.2, 0.25) is 0 Å². The summed E-state index contributed by atoms with van der Waals surface area (Å²) in [7, 11) is 2.92. The minimum absolute atomic E-state index is 0.0562. The fourth-order valence-corrected chi connectivity index (χ4v) is 4.43. The number of hydrogen-bond donors (Lipinski definition) is 1. The molecule has 0 unspecified atom stereocenters. The van der Waals surface area contributed by atoms with Crippen molar-refractivity contribution in [2.75, 3.05) is 53.9 Å². The number of nitrogens with zero attached hydrogens (tertiary/aromatic N) is 3. The van der Waals surface area contributed by atoms with Gasteiger partial charge in [-0.15, -0.1) is 0 Å². The molecule has 0 radical (unpaired) electrons. The van der Waals surface area contributed by atoms with Crippen molar-refractivity contribution in [1.29, 1.82) is 0 Å². The van der Waals surface area contributed by atoms with Crippen LogP contribution in [-0.4, -0.2) is 81.9 Å². The van der Waals surface area contributed by atoms with Gasteiger partial charge in [0.1, 0.15) is 0 Å². The highest BCUT2D eigenvalue weighted by Gasteiger charge is 2.37. The fraction of sp³-hybridized carbons (Fsp3) is 1.00. The number of rotatable bonds is 5. The van der Waals surface area contributed by atoms with E-state index in [1.54, 1.807) is 4.31 Å². The van der Waals surface area contributed by atoms with Gasteiger partial charge in [-0.3, -0.25) is 0 Å². The molecule has 1 N–H and O–H groups in total. The van der Waals surface area contributed by atoms with Crippen molar-refractivity contribution < 1.29 is 8.42 Å². The Morgan fingerprint density at radius 3 is 2.15 bits per heavy atom. The summed E-state index contributed by atoms with van der Waals surface area (Å²) in [5, 5.41) is 0. The molecule has 6 nitrogen and oxygen atoms in total. The Hall–Kier alpha value is -0.210. The minimum Gasteiger partial charge on any atom is -0.306 e. The molecule has 0 amide bonds. The number of piperidine rings is 1. The molecule has 7 heteroatoms. The van der Waals surface area contributed by atoms with Crippen LogP contribution in [-0.2, 0) is 10.2 Å². The molecule has 0 spiro atoms. The average molecular weight is 304 g/mol. The minimum atomic E-state index is -3.30. The van der Waals surface area contributed by atoms with E-state index in [1.807, 2.05) is 0 Å². The zero-order chi connectivity index (χ0) is 14.8. The lowest BCUT2D eigenvalue weighted by atomic mass is 9.86. The Kier molecular flexibility index (Phi) is 5.07. The maximum atomic E-state index is 12.3. The molecule has 2 fully saturated rings. The van der Waals surface area contributed by atoms with Crippen LogP contribution in [0.1, 0.15) is 25.7 Å². The molecule has 2 rings (SSSR count). The first-order chi connectivity index (χ1) is 9.36. The van der Waals surface area contributed by atoms with E-state index < -0.39 is 10.2 Å². The summed E-state index contributed by atoms with van der Waals surface area (Å²) < 4.78 is 29.0. The summed E-state index contributed by atoms with van der Waals surface area (Å²) in [5.41, 5.74) is -0.0562. The average Bonchev–Trinajstić information content (AvgIpc) is 2.93. The fourth-order valence-electron chi connectivity index (χ4n) is 3.06. The number of likely N-dealkylation sites (tertiary alicyclic amines) is 1. The summed E-state index contributed by atoms with van der Waals surface area (Å²) >= 11 is 0. The Morgan fingerprint density at radius 1 is 1.10 bits per heavy atom. The van der Waals surface area contributed by atoms with E-state index in [2.05, 4.69) is 35.7 Å². The first kappa shape index (κ1) is 16.2. The van der Waals surface area contributed by atoms with Gasteiger partial charge in [-0.05, 0) is 59.9 Å². The molecule has 0 aromatic heterocycles. The van der Waals surface area contributed by atoms with E-state index in [0.29, 0.717) is 19.6 Å². The molecular weight excluding hydrogens is 276 g/mol. The number of hydrogen-bond acceptors (Lipinski definition) is 4. The third kappa shape index (κ3) is 3.51. The molecule has 2 heterocycles. The predicted octanol–water partition coefficient (Wildman–Crippen LogP) is -0.0574. The summed E-state index contributed by atoms with van der Waals surface area (Å²) in [6.45, 7) is 3.86. The molecule has 2 saturated heterocycles. The summed E-state index contributed by atoms with van der Waals surface area (Å²) in [4.78, 5) is 4.49. The van der Waals surface area contributed by atoms with Crippen molar-refractivity contribution in [2.45, 2.75) is 31.2 Å². The lowest BCUT2D eigenvalue weighted by Crippen LogP contribution is -2.58. The van der Waals surface area contributed by atoms with Gasteiger partial charge in [-0.1, -0.05) is 0 Å². The lowest BCUT2D eigenvalue weighted by Gasteiger charge is -2.45. The molecule has 2 aliphatic rings. The van der Waals surface area contributed by atoms with E-state index in [-0.39, 0.29) is 5.54 Å². The van der Waals surface area contributed by atoms with Gasteiger partial charge in [0.05, 0.1) is 0 Å². The van der Waals surface area contributed by atoms with Gasteiger partial charge in [0.25, 0.3) is 10.2 Å². The van der Waals surface area contributed by atoms with Crippen LogP contribution >= 0.6 is 0 Å². The second-order valence-corrected chi connectivity index (χ2v) is 8.11. The van der Waals surface area contributed by atoms with Crippen molar-refractivity contribution in [3.8, 4) is 0 Å². The van der Waals surface area contributed by atoms with Crippen LogP contribution in [0.3, 0.4) is 0 Å². The van der Waals surface area contributed by atoms with E-state index in [9.17, 15) is 8.42 Å². The Balaban J connectivity index is 1.99.